The van der Waals surface area contributed by atoms with E-state index in [1.165, 1.54) is 75.3 Å². The molecule has 0 N–H and O–H groups in total. The molecule has 2 saturated carbocycles. The van der Waals surface area contributed by atoms with Gasteiger partial charge >= 0.3 is 0 Å². The second-order valence-corrected chi connectivity index (χ2v) is 21.2. The largest absolute Gasteiger partial charge is 0.501 e. The van der Waals surface area contributed by atoms with Gasteiger partial charge in [0.05, 0.1) is 13.7 Å². The van der Waals surface area contributed by atoms with Gasteiger partial charge in [-0.2, -0.15) is 0 Å². The van der Waals surface area contributed by atoms with Crippen LogP contribution in [0, 0.1) is 18.1 Å². The van der Waals surface area contributed by atoms with Gasteiger partial charge in [0.25, 0.3) is 0 Å². The summed E-state index contributed by atoms with van der Waals surface area (Å²) in [5, 5.41) is 3.79. The van der Waals surface area contributed by atoms with Crippen molar-refractivity contribution in [1.82, 2.24) is 9.97 Å². The molecule has 0 amide bonds. The molecule has 54 heavy (non-hydrogen) atoms. The maximum absolute atomic E-state index is 6.41. The molecule has 2 aliphatic rings. The Morgan fingerprint density at radius 2 is 1.46 bits per heavy atom. The zero-order chi connectivity index (χ0) is 36.2. The first-order chi connectivity index (χ1) is 25.9. The first kappa shape index (κ1) is 38.1. The molecule has 277 valence electrons. The molecule has 0 bridgehead atoms. The van der Waals surface area contributed by atoms with Gasteiger partial charge in [0.2, 0.25) is 0 Å². The van der Waals surface area contributed by atoms with Crippen molar-refractivity contribution in [2.75, 3.05) is 0 Å². The molecule has 0 saturated heterocycles. The molecule has 0 aliphatic heterocycles. The molecule has 0 atom stereocenters. The van der Waals surface area contributed by atoms with Gasteiger partial charge in [-0.3, -0.25) is 0 Å². The molecule has 3 nitrogen and oxygen atoms in total. The van der Waals surface area contributed by atoms with E-state index < -0.39 is 8.07 Å². The van der Waals surface area contributed by atoms with Gasteiger partial charge < -0.3 is 14.4 Å². The van der Waals surface area contributed by atoms with Crippen molar-refractivity contribution in [3.8, 4) is 33.6 Å². The minimum Gasteiger partial charge on any atom is -0.501 e. The van der Waals surface area contributed by atoms with Crippen molar-refractivity contribution < 1.29 is 24.5 Å². The number of rotatable bonds is 7. The van der Waals surface area contributed by atoms with Gasteiger partial charge in [0, 0.05) is 37.9 Å². The predicted molar refractivity (Wildman–Crippen MR) is 224 cm³/mol. The molecule has 2 fully saturated rings. The van der Waals surface area contributed by atoms with Crippen molar-refractivity contribution in [2.24, 2.45) is 5.92 Å². The van der Waals surface area contributed by atoms with Crippen molar-refractivity contribution in [3.05, 3.63) is 139 Å². The fraction of sp³-hybridized carbons (Fsp3) is 0.306. The quantitative estimate of drug-likeness (QED) is 0.118. The normalized spacial score (nSPS) is 15.2. The topological polar surface area (TPSA) is 38.9 Å². The van der Waals surface area contributed by atoms with E-state index in [1.807, 2.05) is 30.5 Å². The van der Waals surface area contributed by atoms with Gasteiger partial charge in [-0.05, 0) is 70.9 Å². The van der Waals surface area contributed by atoms with E-state index >= 15 is 0 Å². The summed E-state index contributed by atoms with van der Waals surface area (Å²) in [4.78, 5) is 9.45. The number of hydrogen-bond acceptors (Lipinski definition) is 3. The van der Waals surface area contributed by atoms with Crippen LogP contribution in [0.2, 0.25) is 19.6 Å². The molecule has 2 aliphatic carbocycles. The number of fused-ring (bicyclic) bond motifs is 3. The standard InChI is InChI=1S/C29H24NO.C20H26NSi.Ir/c1-3-8-20(9-4-1)22-14-15-24-25-12-7-13-26(29(25)31-28(24)19-22)27-18-23(16-17-30-27)21-10-5-2-6-11-21;1-22(2,3)20-15-21-19(17-11-5-4-6-12-17)14-18(20)13-16-9-7-8-10-16;/h1,3-4,7-9,12,14-19,21H,2,5-6,10-11H2;4-6,11,14-16H,7-10,13H2,1-3H3;/q2*-1;. The van der Waals surface area contributed by atoms with E-state index in [9.17, 15) is 0 Å². The van der Waals surface area contributed by atoms with Gasteiger partial charge in [0.1, 0.15) is 5.58 Å². The van der Waals surface area contributed by atoms with Crippen LogP contribution in [-0.4, -0.2) is 18.0 Å². The molecule has 9 rings (SSSR count). The first-order valence-electron chi connectivity index (χ1n) is 19.8. The summed E-state index contributed by atoms with van der Waals surface area (Å²) in [6.07, 6.45) is 17.6. The number of pyridine rings is 2. The summed E-state index contributed by atoms with van der Waals surface area (Å²) < 4.78 is 6.41. The zero-order valence-electron chi connectivity index (χ0n) is 31.8. The summed E-state index contributed by atoms with van der Waals surface area (Å²) in [6.45, 7) is 7.28. The molecule has 3 aromatic heterocycles. The Morgan fingerprint density at radius 1 is 0.685 bits per heavy atom. The first-order valence-corrected chi connectivity index (χ1v) is 23.3. The summed E-state index contributed by atoms with van der Waals surface area (Å²) in [6, 6.07) is 42.7. The summed E-state index contributed by atoms with van der Waals surface area (Å²) in [7, 11) is -1.35. The number of aromatic nitrogens is 2. The average molecular weight is 903 g/mol. The Kier molecular flexibility index (Phi) is 12.1. The monoisotopic (exact) mass is 903 g/mol. The second-order valence-electron chi connectivity index (χ2n) is 16.2. The Bertz CT molecular complexity index is 2300. The molecule has 1 radical (unpaired) electrons. The van der Waals surface area contributed by atoms with E-state index in [0.717, 1.165) is 55.9 Å². The fourth-order valence-electron chi connectivity index (χ4n) is 8.58. The number of hydrogen-bond donors (Lipinski definition) is 0. The molecule has 3 heterocycles. The average Bonchev–Trinajstić information content (AvgIpc) is 3.86. The molecule has 0 spiro atoms. The minimum absolute atomic E-state index is 0. The van der Waals surface area contributed by atoms with Crippen molar-refractivity contribution >= 4 is 35.2 Å². The van der Waals surface area contributed by atoms with Gasteiger partial charge in [-0.25, -0.2) is 0 Å². The van der Waals surface area contributed by atoms with Crippen LogP contribution in [0.5, 0.6) is 0 Å². The zero-order valence-corrected chi connectivity index (χ0v) is 35.2. The minimum atomic E-state index is -1.35. The van der Waals surface area contributed by atoms with Crippen LogP contribution in [0.1, 0.15) is 74.8 Å². The van der Waals surface area contributed by atoms with Crippen molar-refractivity contribution in [3.63, 3.8) is 0 Å². The van der Waals surface area contributed by atoms with Crippen LogP contribution in [0.15, 0.2) is 120 Å². The van der Waals surface area contributed by atoms with Crippen LogP contribution in [0.3, 0.4) is 0 Å². The maximum atomic E-state index is 6.41. The number of furan rings is 1. The smallest absolute Gasteiger partial charge is 0.121 e. The Labute approximate surface area is 336 Å². The third-order valence-electron chi connectivity index (χ3n) is 11.4. The Balaban J connectivity index is 0.000000174. The van der Waals surface area contributed by atoms with Gasteiger partial charge in [0.15, 0.2) is 0 Å². The van der Waals surface area contributed by atoms with Crippen LogP contribution in [-0.2, 0) is 26.5 Å². The van der Waals surface area contributed by atoms with E-state index in [4.69, 9.17) is 14.4 Å². The van der Waals surface area contributed by atoms with E-state index in [-0.39, 0.29) is 20.1 Å². The van der Waals surface area contributed by atoms with Crippen LogP contribution >= 0.6 is 0 Å². The molecular formula is C49H50IrN2OSi-2. The fourth-order valence-corrected chi connectivity index (χ4v) is 10.2. The predicted octanol–water partition coefficient (Wildman–Crippen LogP) is 13.0. The molecular weight excluding hydrogens is 853 g/mol. The molecule has 5 heteroatoms. The summed E-state index contributed by atoms with van der Waals surface area (Å²) >= 11 is 0. The third kappa shape index (κ3) is 8.55. The van der Waals surface area contributed by atoms with Crippen molar-refractivity contribution in [1.29, 1.82) is 0 Å². The molecule has 7 aromatic rings. The summed E-state index contributed by atoms with van der Waals surface area (Å²) in [5.74, 6) is 1.53. The van der Waals surface area contributed by atoms with Gasteiger partial charge in [-0.1, -0.05) is 141 Å². The number of nitrogens with zero attached hydrogens (tertiary/aromatic N) is 2. The number of benzene rings is 4. The SMILES string of the molecule is C[Si](C)(C)c1cnc(-c2[c-]cccc2)cc1CC1CCCC1.[Ir].[c-]1ccc2c(oc3cc(-c4ccccc4)ccc32)c1-c1cc(C2CCCCC2)ccn1. The second kappa shape index (κ2) is 17.1. The van der Waals surface area contributed by atoms with Gasteiger partial charge in [-0.15, -0.1) is 54.1 Å². The van der Waals surface area contributed by atoms with E-state index in [1.54, 1.807) is 10.8 Å². The third-order valence-corrected chi connectivity index (χ3v) is 13.5. The molecule has 4 aromatic carbocycles. The van der Waals surface area contributed by atoms with Crippen molar-refractivity contribution in [2.45, 2.75) is 89.8 Å². The Hall–Kier alpha value is -4.15. The Morgan fingerprint density at radius 3 is 2.22 bits per heavy atom. The maximum Gasteiger partial charge on any atom is 0.121 e. The van der Waals surface area contributed by atoms with E-state index in [0.29, 0.717) is 5.92 Å². The van der Waals surface area contributed by atoms with Crippen LogP contribution < -0.4 is 5.19 Å². The summed E-state index contributed by atoms with van der Waals surface area (Å²) in [5.41, 5.74) is 11.2. The van der Waals surface area contributed by atoms with Crippen LogP contribution in [0.25, 0.3) is 55.6 Å². The molecule has 0 unspecified atom stereocenters. The van der Waals surface area contributed by atoms with Crippen LogP contribution in [0.4, 0.5) is 0 Å². The van der Waals surface area contributed by atoms with E-state index in [2.05, 4.69) is 117 Å².